The Balaban J connectivity index is 4.00. The topological polar surface area (TPSA) is 70.6 Å². The van der Waals surface area contributed by atoms with Crippen molar-refractivity contribution in [2.75, 3.05) is 13.2 Å². The predicted octanol–water partition coefficient (Wildman–Crippen LogP) is 1.82. The molecule has 1 amide bonds. The molecule has 3 N–H and O–H groups in total. The molecule has 0 aliphatic carbocycles. The number of carbonyl (C=O) groups is 1. The molecular formula is C14H28N2O3. The van der Waals surface area contributed by atoms with E-state index in [2.05, 4.69) is 24.1 Å². The summed E-state index contributed by atoms with van der Waals surface area (Å²) in [4.78, 5) is 11.6. The van der Waals surface area contributed by atoms with E-state index in [1.165, 1.54) is 0 Å². The molecule has 5 nitrogen and oxygen atoms in total. The molecule has 0 aromatic carbocycles. The van der Waals surface area contributed by atoms with Gasteiger partial charge in [-0.05, 0) is 40.5 Å². The zero-order valence-corrected chi connectivity index (χ0v) is 12.5. The summed E-state index contributed by atoms with van der Waals surface area (Å²) < 4.78 is 5.14. The summed E-state index contributed by atoms with van der Waals surface area (Å²) in [6.45, 7) is 11.5. The normalized spacial score (nSPS) is 14.6. The Morgan fingerprint density at radius 1 is 1.47 bits per heavy atom. The van der Waals surface area contributed by atoms with Crippen LogP contribution in [0.15, 0.2) is 12.7 Å². The molecule has 0 fully saturated rings. The standard InChI is InChI=1S/C14H28N2O3/c1-6-7-8-11(2)15-9-12(10-17)16-13(18)19-14(3,4)5/h6,11-12,15,17H,1,7-10H2,2-5H3,(H,16,18). The molecule has 0 rings (SSSR count). The van der Waals surface area contributed by atoms with Gasteiger partial charge in [0.1, 0.15) is 5.60 Å². The molecule has 5 heteroatoms. The minimum atomic E-state index is -0.533. The van der Waals surface area contributed by atoms with Crippen molar-refractivity contribution < 1.29 is 14.6 Å². The van der Waals surface area contributed by atoms with Crippen molar-refractivity contribution in [1.29, 1.82) is 0 Å². The van der Waals surface area contributed by atoms with E-state index in [4.69, 9.17) is 4.74 Å². The molecule has 2 unspecified atom stereocenters. The Bertz CT molecular complexity index is 274. The number of alkyl carbamates (subject to hydrolysis) is 1. The number of hydrogen-bond donors (Lipinski definition) is 3. The Hall–Kier alpha value is -1.07. The summed E-state index contributed by atoms with van der Waals surface area (Å²) in [5.41, 5.74) is -0.533. The maximum Gasteiger partial charge on any atom is 0.407 e. The van der Waals surface area contributed by atoms with Crippen LogP contribution in [-0.4, -0.2) is 42.0 Å². The van der Waals surface area contributed by atoms with Gasteiger partial charge in [0.25, 0.3) is 0 Å². The van der Waals surface area contributed by atoms with E-state index < -0.39 is 11.7 Å². The zero-order valence-electron chi connectivity index (χ0n) is 12.5. The maximum atomic E-state index is 11.6. The number of carbonyl (C=O) groups excluding carboxylic acids is 1. The molecule has 0 heterocycles. The fourth-order valence-electron chi connectivity index (χ4n) is 1.45. The number of ether oxygens (including phenoxy) is 1. The van der Waals surface area contributed by atoms with Crippen LogP contribution in [-0.2, 0) is 4.74 Å². The lowest BCUT2D eigenvalue weighted by atomic mass is 10.1. The van der Waals surface area contributed by atoms with Crippen LogP contribution in [0.25, 0.3) is 0 Å². The second-order valence-corrected chi connectivity index (χ2v) is 5.70. The monoisotopic (exact) mass is 272 g/mol. The van der Waals surface area contributed by atoms with Crippen molar-refractivity contribution in [2.24, 2.45) is 0 Å². The average Bonchev–Trinajstić information content (AvgIpc) is 2.29. The average molecular weight is 272 g/mol. The maximum absolute atomic E-state index is 11.6. The van der Waals surface area contributed by atoms with Crippen LogP contribution in [0.2, 0.25) is 0 Å². The van der Waals surface area contributed by atoms with Gasteiger partial charge in [-0.25, -0.2) is 4.79 Å². The SMILES string of the molecule is C=CCCC(C)NCC(CO)NC(=O)OC(C)(C)C. The smallest absolute Gasteiger partial charge is 0.407 e. The van der Waals surface area contributed by atoms with Crippen LogP contribution < -0.4 is 10.6 Å². The molecule has 0 aliphatic heterocycles. The van der Waals surface area contributed by atoms with Gasteiger partial charge in [0, 0.05) is 12.6 Å². The molecule has 0 aromatic heterocycles. The highest BCUT2D eigenvalue weighted by molar-refractivity contribution is 5.68. The summed E-state index contributed by atoms with van der Waals surface area (Å²) in [5.74, 6) is 0. The molecule has 0 bridgehead atoms. The molecule has 0 aliphatic rings. The summed E-state index contributed by atoms with van der Waals surface area (Å²) in [5, 5.41) is 15.1. The van der Waals surface area contributed by atoms with Gasteiger partial charge in [-0.3, -0.25) is 0 Å². The number of allylic oxidation sites excluding steroid dienone is 1. The molecule has 19 heavy (non-hydrogen) atoms. The molecule has 0 saturated carbocycles. The number of aliphatic hydroxyl groups excluding tert-OH is 1. The Morgan fingerprint density at radius 2 is 2.11 bits per heavy atom. The van der Waals surface area contributed by atoms with Crippen LogP contribution >= 0.6 is 0 Å². The molecular weight excluding hydrogens is 244 g/mol. The summed E-state index contributed by atoms with van der Waals surface area (Å²) in [6.07, 6.45) is 3.29. The number of nitrogens with one attached hydrogen (secondary N) is 2. The van der Waals surface area contributed by atoms with Crippen molar-refractivity contribution in [3.05, 3.63) is 12.7 Å². The van der Waals surface area contributed by atoms with Crippen LogP contribution in [0.1, 0.15) is 40.5 Å². The lowest BCUT2D eigenvalue weighted by Gasteiger charge is -2.24. The summed E-state index contributed by atoms with van der Waals surface area (Å²) >= 11 is 0. The third-order valence-electron chi connectivity index (χ3n) is 2.46. The summed E-state index contributed by atoms with van der Waals surface area (Å²) in [7, 11) is 0. The largest absolute Gasteiger partial charge is 0.444 e. The van der Waals surface area contributed by atoms with Crippen LogP contribution in [0.3, 0.4) is 0 Å². The predicted molar refractivity (Wildman–Crippen MR) is 77.1 cm³/mol. The molecule has 2 atom stereocenters. The van der Waals surface area contributed by atoms with E-state index in [0.29, 0.717) is 12.6 Å². The van der Waals surface area contributed by atoms with Gasteiger partial charge in [-0.2, -0.15) is 0 Å². The van der Waals surface area contributed by atoms with Crippen molar-refractivity contribution in [3.8, 4) is 0 Å². The highest BCUT2D eigenvalue weighted by Gasteiger charge is 2.19. The summed E-state index contributed by atoms with van der Waals surface area (Å²) in [6, 6.07) is -0.0338. The number of amides is 1. The van der Waals surface area contributed by atoms with Gasteiger partial charge in [-0.15, -0.1) is 6.58 Å². The van der Waals surface area contributed by atoms with Gasteiger partial charge in [0.05, 0.1) is 12.6 Å². The van der Waals surface area contributed by atoms with Gasteiger partial charge in [-0.1, -0.05) is 6.08 Å². The van der Waals surface area contributed by atoms with Crippen LogP contribution in [0.5, 0.6) is 0 Å². The number of rotatable bonds is 8. The van der Waals surface area contributed by atoms with Gasteiger partial charge < -0.3 is 20.5 Å². The zero-order chi connectivity index (χ0) is 14.9. The fourth-order valence-corrected chi connectivity index (χ4v) is 1.45. The van der Waals surface area contributed by atoms with Gasteiger partial charge >= 0.3 is 6.09 Å². The fraction of sp³-hybridized carbons (Fsp3) is 0.786. The lowest BCUT2D eigenvalue weighted by Crippen LogP contribution is -2.47. The minimum absolute atomic E-state index is 0.125. The van der Waals surface area contributed by atoms with Gasteiger partial charge in [0.2, 0.25) is 0 Å². The molecule has 0 saturated heterocycles. The third-order valence-corrected chi connectivity index (χ3v) is 2.46. The lowest BCUT2D eigenvalue weighted by molar-refractivity contribution is 0.0481. The first-order chi connectivity index (χ1) is 8.78. The first kappa shape index (κ1) is 17.9. The molecule has 0 aromatic rings. The number of aliphatic hydroxyl groups is 1. The van der Waals surface area contributed by atoms with Crippen molar-refractivity contribution in [2.45, 2.75) is 58.2 Å². The van der Waals surface area contributed by atoms with Crippen molar-refractivity contribution >= 4 is 6.09 Å². The van der Waals surface area contributed by atoms with E-state index in [-0.39, 0.29) is 12.6 Å². The van der Waals surface area contributed by atoms with Crippen LogP contribution in [0, 0.1) is 0 Å². The van der Waals surface area contributed by atoms with Gasteiger partial charge in [0.15, 0.2) is 0 Å². The number of hydrogen-bond acceptors (Lipinski definition) is 4. The van der Waals surface area contributed by atoms with E-state index in [1.54, 1.807) is 20.8 Å². The highest BCUT2D eigenvalue weighted by Crippen LogP contribution is 2.06. The second kappa shape index (κ2) is 8.93. The van der Waals surface area contributed by atoms with Crippen molar-refractivity contribution in [1.82, 2.24) is 10.6 Å². The molecule has 0 spiro atoms. The van der Waals surface area contributed by atoms with Crippen molar-refractivity contribution in [3.63, 3.8) is 0 Å². The van der Waals surface area contributed by atoms with E-state index in [9.17, 15) is 9.90 Å². The van der Waals surface area contributed by atoms with E-state index in [1.807, 2.05) is 6.08 Å². The molecule has 112 valence electrons. The third kappa shape index (κ3) is 10.5. The Kier molecular flexibility index (Phi) is 8.43. The Morgan fingerprint density at radius 3 is 2.58 bits per heavy atom. The van der Waals surface area contributed by atoms with Crippen LogP contribution in [0.4, 0.5) is 4.79 Å². The van der Waals surface area contributed by atoms with E-state index >= 15 is 0 Å². The highest BCUT2D eigenvalue weighted by atomic mass is 16.6. The second-order valence-electron chi connectivity index (χ2n) is 5.70. The minimum Gasteiger partial charge on any atom is -0.444 e. The van der Waals surface area contributed by atoms with E-state index in [0.717, 1.165) is 12.8 Å². The first-order valence-electron chi connectivity index (χ1n) is 6.73. The first-order valence-corrected chi connectivity index (χ1v) is 6.73. The molecule has 0 radical (unpaired) electrons. The quantitative estimate of drug-likeness (QED) is 0.589. The Labute approximate surface area is 116 Å².